The first-order valence-corrected chi connectivity index (χ1v) is 6.30. The van der Waals surface area contributed by atoms with E-state index in [2.05, 4.69) is 25.6 Å². The molecule has 0 fully saturated rings. The van der Waals surface area contributed by atoms with Gasteiger partial charge in [0.15, 0.2) is 0 Å². The fraction of sp³-hybridized carbons (Fsp3) is 0.286. The van der Waals surface area contributed by atoms with Crippen molar-refractivity contribution in [2.75, 3.05) is 9.38 Å². The number of alkyl halides is 1. The van der Waals surface area contributed by atoms with Gasteiger partial charge in [0.2, 0.25) is 10.0 Å². The molecule has 0 bridgehead atoms. The molecule has 0 spiro atoms. The van der Waals surface area contributed by atoms with E-state index in [1.807, 2.05) is 0 Å². The van der Waals surface area contributed by atoms with E-state index in [9.17, 15) is 8.42 Å². The topological polar surface area (TPSA) is 59.1 Å². The molecule has 1 rings (SSSR count). The van der Waals surface area contributed by atoms with Gasteiger partial charge < -0.3 is 0 Å². The van der Waals surface area contributed by atoms with Crippen LogP contribution >= 0.6 is 15.9 Å². The summed E-state index contributed by atoms with van der Waals surface area (Å²) in [5.74, 6) is 0.377. The van der Waals surface area contributed by atoms with Crippen LogP contribution in [-0.4, -0.2) is 18.1 Å². The fourth-order valence-electron chi connectivity index (χ4n) is 0.767. The molecule has 0 saturated heterocycles. The Bertz CT molecular complexity index is 391. The molecule has 6 heteroatoms. The fourth-order valence-corrected chi connectivity index (χ4v) is 1.67. The highest BCUT2D eigenvalue weighted by Gasteiger charge is 2.09. The Morgan fingerprint density at radius 1 is 1.62 bits per heavy atom. The molecular weight excluding hydrogens is 256 g/mol. The Labute approximate surface area is 85.6 Å². The van der Waals surface area contributed by atoms with Crippen LogP contribution in [0, 0.1) is 6.92 Å². The number of halogens is 1. The van der Waals surface area contributed by atoms with Crippen LogP contribution in [0.15, 0.2) is 18.3 Å². The Balaban J connectivity index is 2.93. The van der Waals surface area contributed by atoms with Gasteiger partial charge in [-0.3, -0.25) is 4.72 Å². The number of nitrogens with one attached hydrogen (secondary N) is 1. The summed E-state index contributed by atoms with van der Waals surface area (Å²) in [6.45, 7) is 1.79. The molecule has 72 valence electrons. The maximum atomic E-state index is 11.1. The SMILES string of the molecule is Cc1cccnc1NS(=O)(=O)CBr. The minimum absolute atomic E-state index is 0.129. The first-order chi connectivity index (χ1) is 6.05. The molecule has 1 N–H and O–H groups in total. The molecule has 1 aromatic heterocycles. The summed E-state index contributed by atoms with van der Waals surface area (Å²) >= 11 is 2.87. The lowest BCUT2D eigenvalue weighted by molar-refractivity contribution is 0.606. The summed E-state index contributed by atoms with van der Waals surface area (Å²) in [5.41, 5.74) is 0.798. The van der Waals surface area contributed by atoms with Crippen LogP contribution in [0.3, 0.4) is 0 Å². The number of anilines is 1. The first kappa shape index (κ1) is 10.5. The summed E-state index contributed by atoms with van der Waals surface area (Å²) in [5, 5.41) is 0. The van der Waals surface area contributed by atoms with Crippen molar-refractivity contribution in [1.82, 2.24) is 4.98 Å². The molecule has 0 aliphatic rings. The highest BCUT2D eigenvalue weighted by Crippen LogP contribution is 2.11. The van der Waals surface area contributed by atoms with E-state index < -0.39 is 10.0 Å². The lowest BCUT2D eigenvalue weighted by atomic mass is 10.3. The van der Waals surface area contributed by atoms with Crippen molar-refractivity contribution in [3.63, 3.8) is 0 Å². The second-order valence-electron chi connectivity index (χ2n) is 2.49. The average molecular weight is 265 g/mol. The van der Waals surface area contributed by atoms with Gasteiger partial charge in [-0.15, -0.1) is 0 Å². The number of pyridine rings is 1. The van der Waals surface area contributed by atoms with Crippen molar-refractivity contribution in [2.45, 2.75) is 6.92 Å². The third-order valence-electron chi connectivity index (χ3n) is 1.41. The van der Waals surface area contributed by atoms with Gasteiger partial charge in [-0.25, -0.2) is 13.4 Å². The summed E-state index contributed by atoms with van der Waals surface area (Å²) in [4.78, 5) is 3.90. The predicted molar refractivity (Wildman–Crippen MR) is 55.3 cm³/mol. The molecule has 0 unspecified atom stereocenters. The second-order valence-corrected chi connectivity index (χ2v) is 5.52. The van der Waals surface area contributed by atoms with Gasteiger partial charge in [0.05, 0.1) is 0 Å². The van der Waals surface area contributed by atoms with Crippen molar-refractivity contribution in [3.05, 3.63) is 23.9 Å². The predicted octanol–water partition coefficient (Wildman–Crippen LogP) is 1.48. The van der Waals surface area contributed by atoms with Crippen LogP contribution < -0.4 is 4.72 Å². The van der Waals surface area contributed by atoms with Gasteiger partial charge in [0.1, 0.15) is 10.5 Å². The zero-order valence-electron chi connectivity index (χ0n) is 6.99. The second kappa shape index (κ2) is 4.06. The van der Waals surface area contributed by atoms with Crippen molar-refractivity contribution >= 4 is 31.8 Å². The molecule has 1 heterocycles. The molecule has 13 heavy (non-hydrogen) atoms. The smallest absolute Gasteiger partial charge is 0.243 e. The maximum Gasteiger partial charge on any atom is 0.243 e. The van der Waals surface area contributed by atoms with Crippen molar-refractivity contribution in [2.24, 2.45) is 0 Å². The maximum absolute atomic E-state index is 11.1. The normalized spacial score (nSPS) is 11.2. The molecule has 1 aromatic rings. The van der Waals surface area contributed by atoms with Crippen LogP contribution in [0.4, 0.5) is 5.82 Å². The molecule has 0 atom stereocenters. The summed E-state index contributed by atoms with van der Waals surface area (Å²) in [6.07, 6.45) is 1.54. The van der Waals surface area contributed by atoms with E-state index in [-0.39, 0.29) is 4.66 Å². The molecule has 0 aromatic carbocycles. The first-order valence-electron chi connectivity index (χ1n) is 3.53. The van der Waals surface area contributed by atoms with E-state index in [0.29, 0.717) is 5.82 Å². The summed E-state index contributed by atoms with van der Waals surface area (Å²) < 4.78 is 24.5. The number of nitrogens with zero attached hydrogens (tertiary/aromatic N) is 1. The van der Waals surface area contributed by atoms with Crippen molar-refractivity contribution in [1.29, 1.82) is 0 Å². The van der Waals surface area contributed by atoms with Crippen LogP contribution in [0.2, 0.25) is 0 Å². The number of sulfonamides is 1. The highest BCUT2D eigenvalue weighted by atomic mass is 79.9. The molecule has 0 amide bonds. The lowest BCUT2D eigenvalue weighted by Gasteiger charge is -2.05. The number of aryl methyl sites for hydroxylation is 1. The zero-order chi connectivity index (χ0) is 9.90. The van der Waals surface area contributed by atoms with Crippen molar-refractivity contribution < 1.29 is 8.42 Å². The van der Waals surface area contributed by atoms with E-state index >= 15 is 0 Å². The molecule has 0 aliphatic heterocycles. The summed E-state index contributed by atoms with van der Waals surface area (Å²) in [6, 6.07) is 3.54. The van der Waals surface area contributed by atoms with Gasteiger partial charge in [-0.2, -0.15) is 0 Å². The molecule has 0 aliphatic carbocycles. The van der Waals surface area contributed by atoms with Gasteiger partial charge in [-0.1, -0.05) is 22.0 Å². The van der Waals surface area contributed by atoms with Crippen molar-refractivity contribution in [3.8, 4) is 0 Å². The Kier molecular flexibility index (Phi) is 3.27. The Morgan fingerprint density at radius 2 is 2.31 bits per heavy atom. The lowest BCUT2D eigenvalue weighted by Crippen LogP contribution is -2.14. The van der Waals surface area contributed by atoms with Gasteiger partial charge in [-0.05, 0) is 18.6 Å². The van der Waals surface area contributed by atoms with E-state index in [1.54, 1.807) is 25.3 Å². The third kappa shape index (κ3) is 2.96. The molecular formula is C7H9BrN2O2S. The molecule has 0 saturated carbocycles. The van der Waals surface area contributed by atoms with Crippen LogP contribution in [0.5, 0.6) is 0 Å². The Morgan fingerprint density at radius 3 is 2.85 bits per heavy atom. The zero-order valence-corrected chi connectivity index (χ0v) is 9.39. The Hall–Kier alpha value is -0.620. The largest absolute Gasteiger partial charge is 0.266 e. The number of aromatic nitrogens is 1. The number of rotatable bonds is 3. The minimum atomic E-state index is -3.29. The van der Waals surface area contributed by atoms with E-state index in [0.717, 1.165) is 5.56 Å². The van der Waals surface area contributed by atoms with Gasteiger partial charge >= 0.3 is 0 Å². The molecule has 0 radical (unpaired) electrons. The molecule has 4 nitrogen and oxygen atoms in total. The number of hydrogen-bond donors (Lipinski definition) is 1. The van der Waals surface area contributed by atoms with Crippen LogP contribution in [0.25, 0.3) is 0 Å². The van der Waals surface area contributed by atoms with E-state index in [1.165, 1.54) is 0 Å². The standard InChI is InChI=1S/C7H9BrN2O2S/c1-6-3-2-4-9-7(6)10-13(11,12)5-8/h2-4H,5H2,1H3,(H,9,10). The quantitative estimate of drug-likeness (QED) is 0.842. The van der Waals surface area contributed by atoms with Crippen LogP contribution in [0.1, 0.15) is 5.56 Å². The average Bonchev–Trinajstić information content (AvgIpc) is 2.09. The highest BCUT2D eigenvalue weighted by molar-refractivity contribution is 9.10. The van der Waals surface area contributed by atoms with Crippen LogP contribution in [-0.2, 0) is 10.0 Å². The minimum Gasteiger partial charge on any atom is -0.266 e. The monoisotopic (exact) mass is 264 g/mol. The van der Waals surface area contributed by atoms with E-state index in [4.69, 9.17) is 0 Å². The summed E-state index contributed by atoms with van der Waals surface area (Å²) in [7, 11) is -3.29. The van der Waals surface area contributed by atoms with Gasteiger partial charge in [0.25, 0.3) is 0 Å². The van der Waals surface area contributed by atoms with Gasteiger partial charge in [0, 0.05) is 6.20 Å². The third-order valence-corrected chi connectivity index (χ3v) is 4.01. The number of hydrogen-bond acceptors (Lipinski definition) is 3.